The highest BCUT2D eigenvalue weighted by atomic mass is 35.5. The van der Waals surface area contributed by atoms with E-state index < -0.39 is 11.6 Å². The third-order valence-corrected chi connectivity index (χ3v) is 6.54. The lowest BCUT2D eigenvalue weighted by Crippen LogP contribution is -2.14. The van der Waals surface area contributed by atoms with E-state index >= 15 is 0 Å². The van der Waals surface area contributed by atoms with Crippen molar-refractivity contribution >= 4 is 34.4 Å². The molecule has 5 nitrogen and oxygen atoms in total. The number of benzene rings is 1. The maximum Gasteiger partial charge on any atom is 0.194 e. The number of aryl methyl sites for hydroxylation is 1. The Morgan fingerprint density at radius 1 is 1.34 bits per heavy atom. The first-order valence-corrected chi connectivity index (χ1v) is 10.5. The molecule has 1 aliphatic rings. The van der Waals surface area contributed by atoms with Crippen molar-refractivity contribution < 1.29 is 8.78 Å². The number of aromatic amines is 1. The van der Waals surface area contributed by atoms with E-state index in [2.05, 4.69) is 9.97 Å². The lowest BCUT2D eigenvalue weighted by Gasteiger charge is -2.13. The topological polar surface area (TPSA) is 91.4 Å². The number of H-pyrrole nitrogens is 1. The molecule has 3 aromatic rings. The van der Waals surface area contributed by atoms with E-state index in [1.54, 1.807) is 6.07 Å². The standard InChI is InChI=1S/C20H18ClF2N5S/c1-2-14-17(21)16-18(9-3-4-11(25)5-9)27-20(28-19(16)26-14)29-15-7-10(22)6-13(23)12(15)8-24/h6-7,9,11H,2-5,25H2,1H3,(H,26,27,28)/t9?,11-/m1/s1. The van der Waals surface area contributed by atoms with E-state index in [1.165, 1.54) is 0 Å². The summed E-state index contributed by atoms with van der Waals surface area (Å²) in [7, 11) is 0. The third kappa shape index (κ3) is 3.70. The smallest absolute Gasteiger partial charge is 0.194 e. The number of nitrogens with zero attached hydrogens (tertiary/aromatic N) is 3. The SMILES string of the molecule is CCc1[nH]c2nc(Sc3cc(F)cc(F)c3C#N)nc(C3CC[C@@H](N)C3)c2c1Cl. The molecule has 0 saturated heterocycles. The number of nitrogens with two attached hydrogens (primary N) is 1. The van der Waals surface area contributed by atoms with E-state index in [0.29, 0.717) is 28.3 Å². The van der Waals surface area contributed by atoms with E-state index in [-0.39, 0.29) is 22.4 Å². The number of aromatic nitrogens is 3. The Morgan fingerprint density at radius 2 is 2.14 bits per heavy atom. The second kappa shape index (κ2) is 7.90. The molecule has 0 radical (unpaired) electrons. The van der Waals surface area contributed by atoms with Gasteiger partial charge in [0.2, 0.25) is 0 Å². The molecule has 9 heteroatoms. The van der Waals surface area contributed by atoms with Crippen LogP contribution in [0.25, 0.3) is 11.0 Å². The quantitative estimate of drug-likeness (QED) is 0.560. The monoisotopic (exact) mass is 433 g/mol. The Hall–Kier alpha value is -2.21. The second-order valence-electron chi connectivity index (χ2n) is 7.13. The molecule has 3 N–H and O–H groups in total. The number of nitriles is 1. The molecule has 0 amide bonds. The van der Waals surface area contributed by atoms with Gasteiger partial charge in [0.15, 0.2) is 5.16 Å². The van der Waals surface area contributed by atoms with Crippen LogP contribution in [-0.2, 0) is 6.42 Å². The summed E-state index contributed by atoms with van der Waals surface area (Å²) in [6.07, 6.45) is 3.28. The molecule has 1 saturated carbocycles. The van der Waals surface area contributed by atoms with Crippen LogP contribution in [0.3, 0.4) is 0 Å². The second-order valence-corrected chi connectivity index (χ2v) is 8.52. The molecular weight excluding hydrogens is 416 g/mol. The number of hydrogen-bond donors (Lipinski definition) is 2. The predicted molar refractivity (Wildman–Crippen MR) is 108 cm³/mol. The highest BCUT2D eigenvalue weighted by Crippen LogP contribution is 2.41. The fourth-order valence-electron chi connectivity index (χ4n) is 3.80. The molecule has 1 aliphatic carbocycles. The van der Waals surface area contributed by atoms with Crippen LogP contribution in [0.2, 0.25) is 5.02 Å². The lowest BCUT2D eigenvalue weighted by molar-refractivity contribution is 0.574. The first-order valence-electron chi connectivity index (χ1n) is 9.31. The van der Waals surface area contributed by atoms with Crippen molar-refractivity contribution in [3.05, 3.63) is 45.7 Å². The Kier molecular flexibility index (Phi) is 5.47. The van der Waals surface area contributed by atoms with Crippen molar-refractivity contribution in [3.63, 3.8) is 0 Å². The summed E-state index contributed by atoms with van der Waals surface area (Å²) in [5, 5.41) is 10.9. The maximum atomic E-state index is 14.0. The summed E-state index contributed by atoms with van der Waals surface area (Å²) in [6.45, 7) is 1.99. The van der Waals surface area contributed by atoms with Gasteiger partial charge in [0, 0.05) is 28.6 Å². The minimum absolute atomic E-state index is 0.104. The summed E-state index contributed by atoms with van der Waals surface area (Å²) in [4.78, 5) is 12.6. The number of halogens is 3. The van der Waals surface area contributed by atoms with Crippen molar-refractivity contribution in [3.8, 4) is 6.07 Å². The van der Waals surface area contributed by atoms with Gasteiger partial charge in [-0.25, -0.2) is 18.7 Å². The third-order valence-electron chi connectivity index (χ3n) is 5.22. The average Bonchev–Trinajstić information content (AvgIpc) is 3.24. The molecule has 150 valence electrons. The molecule has 2 atom stereocenters. The van der Waals surface area contributed by atoms with Gasteiger partial charge in [0.1, 0.15) is 28.9 Å². The molecule has 1 fully saturated rings. The van der Waals surface area contributed by atoms with Gasteiger partial charge in [0.25, 0.3) is 0 Å². The Morgan fingerprint density at radius 3 is 2.79 bits per heavy atom. The first-order chi connectivity index (χ1) is 13.9. The van der Waals surface area contributed by atoms with Crippen LogP contribution in [0.4, 0.5) is 8.78 Å². The van der Waals surface area contributed by atoms with E-state index in [9.17, 15) is 14.0 Å². The number of nitrogens with one attached hydrogen (secondary N) is 1. The number of fused-ring (bicyclic) bond motifs is 1. The zero-order chi connectivity index (χ0) is 20.7. The highest BCUT2D eigenvalue weighted by molar-refractivity contribution is 7.99. The summed E-state index contributed by atoms with van der Waals surface area (Å²) < 4.78 is 27.7. The van der Waals surface area contributed by atoms with Crippen LogP contribution < -0.4 is 5.73 Å². The van der Waals surface area contributed by atoms with Gasteiger partial charge in [-0.1, -0.05) is 18.5 Å². The van der Waals surface area contributed by atoms with Crippen LogP contribution in [0, 0.1) is 23.0 Å². The zero-order valence-electron chi connectivity index (χ0n) is 15.6. The largest absolute Gasteiger partial charge is 0.342 e. The van der Waals surface area contributed by atoms with Crippen molar-refractivity contribution in [2.24, 2.45) is 5.73 Å². The van der Waals surface area contributed by atoms with Crippen molar-refractivity contribution in [1.82, 2.24) is 15.0 Å². The summed E-state index contributed by atoms with van der Waals surface area (Å²) in [5.41, 5.74) is 8.10. The summed E-state index contributed by atoms with van der Waals surface area (Å²) >= 11 is 7.55. The van der Waals surface area contributed by atoms with E-state index in [1.807, 2.05) is 6.92 Å². The Bertz CT molecular complexity index is 1140. The Labute approximate surface area is 175 Å². The minimum Gasteiger partial charge on any atom is -0.342 e. The molecule has 0 spiro atoms. The first kappa shape index (κ1) is 20.1. The van der Waals surface area contributed by atoms with Gasteiger partial charge in [0.05, 0.1) is 16.1 Å². The average molecular weight is 434 g/mol. The zero-order valence-corrected chi connectivity index (χ0v) is 17.2. The van der Waals surface area contributed by atoms with Gasteiger partial charge >= 0.3 is 0 Å². The van der Waals surface area contributed by atoms with Crippen LogP contribution in [0.5, 0.6) is 0 Å². The van der Waals surface area contributed by atoms with Crippen molar-refractivity contribution in [2.75, 3.05) is 0 Å². The fourth-order valence-corrected chi connectivity index (χ4v) is 5.06. The molecule has 29 heavy (non-hydrogen) atoms. The summed E-state index contributed by atoms with van der Waals surface area (Å²) in [6, 6.07) is 3.69. The number of hydrogen-bond acceptors (Lipinski definition) is 5. The molecule has 2 aromatic heterocycles. The molecule has 0 aliphatic heterocycles. The van der Waals surface area contributed by atoms with Crippen LogP contribution in [0.15, 0.2) is 22.2 Å². The fraction of sp³-hybridized carbons (Fsp3) is 0.350. The Balaban J connectivity index is 1.85. The van der Waals surface area contributed by atoms with Crippen LogP contribution in [-0.4, -0.2) is 21.0 Å². The van der Waals surface area contributed by atoms with Crippen molar-refractivity contribution in [2.45, 2.75) is 54.6 Å². The van der Waals surface area contributed by atoms with Gasteiger partial charge in [-0.15, -0.1) is 0 Å². The van der Waals surface area contributed by atoms with Gasteiger partial charge in [-0.3, -0.25) is 0 Å². The maximum absolute atomic E-state index is 14.0. The van der Waals surface area contributed by atoms with E-state index in [0.717, 1.165) is 53.9 Å². The summed E-state index contributed by atoms with van der Waals surface area (Å²) in [5.74, 6) is -1.54. The minimum atomic E-state index is -0.908. The van der Waals surface area contributed by atoms with E-state index in [4.69, 9.17) is 22.3 Å². The van der Waals surface area contributed by atoms with Crippen molar-refractivity contribution in [1.29, 1.82) is 5.26 Å². The lowest BCUT2D eigenvalue weighted by atomic mass is 10.0. The molecule has 1 aromatic carbocycles. The normalized spacial score (nSPS) is 19.0. The molecule has 4 rings (SSSR count). The molecule has 1 unspecified atom stereocenters. The van der Waals surface area contributed by atoms with Crippen LogP contribution in [0.1, 0.15) is 49.1 Å². The van der Waals surface area contributed by atoms with Gasteiger partial charge in [-0.05, 0) is 43.5 Å². The van der Waals surface area contributed by atoms with Crippen LogP contribution >= 0.6 is 23.4 Å². The highest BCUT2D eigenvalue weighted by Gasteiger charge is 2.29. The molecule has 0 bridgehead atoms. The molecule has 2 heterocycles. The van der Waals surface area contributed by atoms with Gasteiger partial charge < -0.3 is 10.7 Å². The van der Waals surface area contributed by atoms with Gasteiger partial charge in [-0.2, -0.15) is 5.26 Å². The predicted octanol–water partition coefficient (Wildman–Crippen LogP) is 5.07. The molecular formula is C20H18ClF2N5S. The number of rotatable bonds is 4.